The van der Waals surface area contributed by atoms with E-state index in [1.807, 2.05) is 54.6 Å². The molecular formula is C25H26N2O2S. The molecular weight excluding hydrogens is 392 g/mol. The van der Waals surface area contributed by atoms with Gasteiger partial charge in [0.25, 0.3) is 0 Å². The van der Waals surface area contributed by atoms with Crippen molar-refractivity contribution in [2.24, 2.45) is 0 Å². The molecule has 0 fully saturated rings. The van der Waals surface area contributed by atoms with Crippen LogP contribution in [-0.4, -0.2) is 22.8 Å². The van der Waals surface area contributed by atoms with Crippen molar-refractivity contribution >= 4 is 23.3 Å². The fraction of sp³-hybridized carbons (Fsp3) is 0.280. The number of thiazole rings is 1. The van der Waals surface area contributed by atoms with E-state index in [9.17, 15) is 4.79 Å². The van der Waals surface area contributed by atoms with Gasteiger partial charge in [-0.15, -0.1) is 11.3 Å². The van der Waals surface area contributed by atoms with Crippen molar-refractivity contribution in [3.8, 4) is 5.75 Å². The lowest BCUT2D eigenvalue weighted by Crippen LogP contribution is -2.32. The van der Waals surface area contributed by atoms with Crippen molar-refractivity contribution in [3.05, 3.63) is 87.4 Å². The maximum Gasteiger partial charge on any atom is 0.246 e. The Morgan fingerprint density at radius 3 is 2.97 bits per heavy atom. The molecule has 30 heavy (non-hydrogen) atoms. The molecule has 1 aliphatic rings. The summed E-state index contributed by atoms with van der Waals surface area (Å²) in [5.41, 5.74) is 4.51. The first-order valence-electron chi connectivity index (χ1n) is 10.3. The summed E-state index contributed by atoms with van der Waals surface area (Å²) in [6.45, 7) is 2.43. The number of fused-ring (bicyclic) bond motifs is 1. The van der Waals surface area contributed by atoms with E-state index in [1.54, 1.807) is 17.4 Å². The van der Waals surface area contributed by atoms with Crippen molar-refractivity contribution in [1.82, 2.24) is 9.88 Å². The number of benzene rings is 2. The summed E-state index contributed by atoms with van der Waals surface area (Å²) in [4.78, 5) is 19.1. The smallest absolute Gasteiger partial charge is 0.246 e. The number of amides is 1. The molecule has 1 atom stereocenters. The number of carbonyl (C=O) groups is 1. The number of nitrogens with zero attached hydrogens (tertiary/aromatic N) is 2. The number of hydrogen-bond acceptors (Lipinski definition) is 4. The Labute approximate surface area is 181 Å². The number of ether oxygens (including phenoxy) is 1. The van der Waals surface area contributed by atoms with Gasteiger partial charge >= 0.3 is 0 Å². The maximum absolute atomic E-state index is 12.8. The molecule has 0 N–H and O–H groups in total. The maximum atomic E-state index is 12.8. The van der Waals surface area contributed by atoms with Crippen LogP contribution in [0.15, 0.2) is 60.0 Å². The van der Waals surface area contributed by atoms with E-state index >= 15 is 0 Å². The zero-order valence-electron chi connectivity index (χ0n) is 17.4. The van der Waals surface area contributed by atoms with Crippen LogP contribution in [0.3, 0.4) is 0 Å². The third kappa shape index (κ3) is 4.79. The van der Waals surface area contributed by atoms with Crippen LogP contribution < -0.4 is 4.74 Å². The lowest BCUT2D eigenvalue weighted by atomic mass is 9.87. The molecule has 0 saturated heterocycles. The Hall–Kier alpha value is -2.92. The zero-order valence-corrected chi connectivity index (χ0v) is 18.2. The molecule has 0 saturated carbocycles. The van der Waals surface area contributed by atoms with Gasteiger partial charge in [0.05, 0.1) is 16.7 Å². The third-order valence-corrected chi connectivity index (χ3v) is 6.30. The standard InChI is InChI=1S/C25H26N2O2S/c1-18-26-21(17-30-18)16-29-22-10-5-7-19(15-22)13-14-25(28)27(2)24-12-6-9-20-8-3-4-11-23(20)24/h3-5,7-8,10-11,13-15,17,24H,6,9,12,16H2,1-2H3/b14-13+. The average molecular weight is 419 g/mol. The molecule has 1 aliphatic carbocycles. The van der Waals surface area contributed by atoms with E-state index < -0.39 is 0 Å². The van der Waals surface area contributed by atoms with Gasteiger partial charge in [0.2, 0.25) is 5.91 Å². The first kappa shape index (κ1) is 20.4. The molecule has 4 rings (SSSR count). The Balaban J connectivity index is 1.40. The van der Waals surface area contributed by atoms with Crippen LogP contribution >= 0.6 is 11.3 Å². The Kier molecular flexibility index (Phi) is 6.29. The minimum Gasteiger partial charge on any atom is -0.487 e. The molecule has 1 unspecified atom stereocenters. The molecule has 4 nitrogen and oxygen atoms in total. The number of aromatic nitrogens is 1. The second-order valence-corrected chi connectivity index (χ2v) is 8.67. The van der Waals surface area contributed by atoms with E-state index in [0.29, 0.717) is 6.61 Å². The van der Waals surface area contributed by atoms with E-state index in [-0.39, 0.29) is 11.9 Å². The van der Waals surface area contributed by atoms with E-state index in [2.05, 4.69) is 29.2 Å². The molecule has 0 bridgehead atoms. The molecule has 3 aromatic rings. The summed E-state index contributed by atoms with van der Waals surface area (Å²) < 4.78 is 5.85. The van der Waals surface area contributed by atoms with Gasteiger partial charge in [0.15, 0.2) is 0 Å². The van der Waals surface area contributed by atoms with Crippen LogP contribution in [0.4, 0.5) is 0 Å². The molecule has 154 valence electrons. The SMILES string of the molecule is Cc1nc(COc2cccc(/C=C/C(=O)N(C)C3CCCc4ccccc43)c2)cs1. The minimum atomic E-state index is 0.0148. The largest absolute Gasteiger partial charge is 0.487 e. The van der Waals surface area contributed by atoms with Gasteiger partial charge in [-0.05, 0) is 61.1 Å². The van der Waals surface area contributed by atoms with Gasteiger partial charge < -0.3 is 9.64 Å². The monoisotopic (exact) mass is 418 g/mol. The number of carbonyl (C=O) groups excluding carboxylic acids is 1. The predicted octanol–water partition coefficient (Wildman–Crippen LogP) is 5.58. The average Bonchev–Trinajstić information content (AvgIpc) is 3.20. The highest BCUT2D eigenvalue weighted by molar-refractivity contribution is 7.09. The van der Waals surface area contributed by atoms with Crippen molar-refractivity contribution in [3.63, 3.8) is 0 Å². The summed E-state index contributed by atoms with van der Waals surface area (Å²) in [6, 6.07) is 16.4. The topological polar surface area (TPSA) is 42.4 Å². The van der Waals surface area contributed by atoms with Gasteiger partial charge in [0, 0.05) is 18.5 Å². The van der Waals surface area contributed by atoms with Crippen LogP contribution in [0.25, 0.3) is 6.08 Å². The quantitative estimate of drug-likeness (QED) is 0.491. The highest BCUT2D eigenvalue weighted by atomic mass is 32.1. The second-order valence-electron chi connectivity index (χ2n) is 7.61. The van der Waals surface area contributed by atoms with Gasteiger partial charge in [-0.3, -0.25) is 4.79 Å². The van der Waals surface area contributed by atoms with Crippen molar-refractivity contribution in [1.29, 1.82) is 0 Å². The van der Waals surface area contributed by atoms with E-state index in [4.69, 9.17) is 4.74 Å². The molecule has 1 aromatic heterocycles. The van der Waals surface area contributed by atoms with Gasteiger partial charge in [-0.1, -0.05) is 36.4 Å². The lowest BCUT2D eigenvalue weighted by molar-refractivity contribution is -0.127. The van der Waals surface area contributed by atoms with Crippen LogP contribution in [0.1, 0.15) is 46.3 Å². The van der Waals surface area contributed by atoms with Crippen LogP contribution in [-0.2, 0) is 17.8 Å². The number of rotatable bonds is 6. The van der Waals surface area contributed by atoms with Crippen molar-refractivity contribution < 1.29 is 9.53 Å². The number of likely N-dealkylation sites (N-methyl/N-ethyl adjacent to an activating group) is 1. The summed E-state index contributed by atoms with van der Waals surface area (Å²) in [6.07, 6.45) is 6.72. The predicted molar refractivity (Wildman–Crippen MR) is 122 cm³/mol. The normalized spacial score (nSPS) is 15.7. The molecule has 2 aromatic carbocycles. The zero-order chi connectivity index (χ0) is 20.9. The van der Waals surface area contributed by atoms with E-state index in [1.165, 1.54) is 11.1 Å². The van der Waals surface area contributed by atoms with Crippen molar-refractivity contribution in [2.75, 3.05) is 7.05 Å². The van der Waals surface area contributed by atoms with Gasteiger partial charge in [0.1, 0.15) is 12.4 Å². The number of hydrogen-bond donors (Lipinski definition) is 0. The highest BCUT2D eigenvalue weighted by Crippen LogP contribution is 2.33. The van der Waals surface area contributed by atoms with Crippen molar-refractivity contribution in [2.45, 2.75) is 38.8 Å². The second kappa shape index (κ2) is 9.26. The summed E-state index contributed by atoms with van der Waals surface area (Å²) in [5.74, 6) is 0.783. The molecule has 0 spiro atoms. The first-order chi connectivity index (χ1) is 14.6. The van der Waals surface area contributed by atoms with Crippen LogP contribution in [0.2, 0.25) is 0 Å². The fourth-order valence-corrected chi connectivity index (χ4v) is 4.51. The molecule has 0 aliphatic heterocycles. The first-order valence-corrected chi connectivity index (χ1v) is 11.1. The molecule has 0 radical (unpaired) electrons. The van der Waals surface area contributed by atoms with Crippen LogP contribution in [0.5, 0.6) is 5.75 Å². The minimum absolute atomic E-state index is 0.0148. The fourth-order valence-electron chi connectivity index (χ4n) is 3.91. The molecule has 1 amide bonds. The van der Waals surface area contributed by atoms with Gasteiger partial charge in [-0.2, -0.15) is 0 Å². The summed E-state index contributed by atoms with van der Waals surface area (Å²) in [5, 5.41) is 3.05. The van der Waals surface area contributed by atoms with Crippen LogP contribution in [0, 0.1) is 6.92 Å². The Bertz CT molecular complexity index is 1060. The molecule has 5 heteroatoms. The Morgan fingerprint density at radius 2 is 2.13 bits per heavy atom. The summed E-state index contributed by atoms with van der Waals surface area (Å²) in [7, 11) is 1.90. The number of aryl methyl sites for hydroxylation is 2. The highest BCUT2D eigenvalue weighted by Gasteiger charge is 2.25. The molecule has 1 heterocycles. The Morgan fingerprint density at radius 1 is 1.27 bits per heavy atom. The summed E-state index contributed by atoms with van der Waals surface area (Å²) >= 11 is 1.62. The third-order valence-electron chi connectivity index (χ3n) is 5.48. The van der Waals surface area contributed by atoms with Gasteiger partial charge in [-0.25, -0.2) is 4.98 Å². The lowest BCUT2D eigenvalue weighted by Gasteiger charge is -2.32. The van der Waals surface area contributed by atoms with E-state index in [0.717, 1.165) is 41.3 Å².